The van der Waals surface area contributed by atoms with Crippen LogP contribution in [-0.4, -0.2) is 9.97 Å². The van der Waals surface area contributed by atoms with Crippen LogP contribution in [0.1, 0.15) is 77.6 Å². The van der Waals surface area contributed by atoms with Crippen LogP contribution in [0.25, 0.3) is 55.5 Å². The monoisotopic (exact) mass is 855 g/mol. The fraction of sp³-hybridized carbons (Fsp3) is 0.224. The second kappa shape index (κ2) is 14.4. The molecule has 1 radical (unpaired) electrons. The molecule has 0 bridgehead atoms. The maximum Gasteiger partial charge on any atom is 0.0167 e. The fourth-order valence-corrected chi connectivity index (χ4v) is 7.18. The van der Waals surface area contributed by atoms with E-state index in [2.05, 4.69) is 176 Å². The van der Waals surface area contributed by atoms with E-state index < -0.39 is 0 Å². The first-order chi connectivity index (χ1) is 24.3. The molecule has 2 aromatic heterocycles. The van der Waals surface area contributed by atoms with Gasteiger partial charge in [0.25, 0.3) is 0 Å². The zero-order valence-electron chi connectivity index (χ0n) is 31.4. The van der Waals surface area contributed by atoms with Crippen molar-refractivity contribution in [3.63, 3.8) is 0 Å². The summed E-state index contributed by atoms with van der Waals surface area (Å²) in [6, 6.07) is 49.6. The van der Waals surface area contributed by atoms with E-state index in [1.807, 2.05) is 30.6 Å². The van der Waals surface area contributed by atoms with E-state index in [9.17, 15) is 0 Å². The first-order valence-electron chi connectivity index (χ1n) is 17.9. The van der Waals surface area contributed by atoms with E-state index in [0.29, 0.717) is 0 Å². The molecule has 0 saturated carbocycles. The topological polar surface area (TPSA) is 25.8 Å². The van der Waals surface area contributed by atoms with Crippen LogP contribution in [-0.2, 0) is 36.4 Å². The zero-order valence-corrected chi connectivity index (χ0v) is 33.8. The Morgan fingerprint density at radius 2 is 1.15 bits per heavy atom. The van der Waals surface area contributed by atoms with Gasteiger partial charge in [-0.15, -0.1) is 70.8 Å². The molecule has 1 aliphatic rings. The summed E-state index contributed by atoms with van der Waals surface area (Å²) < 4.78 is 0. The number of pyridine rings is 2. The molecule has 2 heterocycles. The van der Waals surface area contributed by atoms with Crippen molar-refractivity contribution < 1.29 is 20.1 Å². The number of nitrogens with zero attached hydrogens (tertiary/aromatic N) is 2. The first kappa shape index (κ1) is 37.1. The normalized spacial score (nSPS) is 13.0. The van der Waals surface area contributed by atoms with Crippen LogP contribution >= 0.6 is 0 Å². The predicted octanol–water partition coefficient (Wildman–Crippen LogP) is 12.8. The second-order valence-electron chi connectivity index (χ2n) is 16.2. The molecule has 52 heavy (non-hydrogen) atoms. The Hall–Kier alpha value is -4.69. The summed E-state index contributed by atoms with van der Waals surface area (Å²) in [6.07, 6.45) is 3.84. The van der Waals surface area contributed by atoms with E-state index in [1.165, 1.54) is 55.3 Å². The molecule has 0 atom stereocenters. The van der Waals surface area contributed by atoms with E-state index in [0.717, 1.165) is 22.5 Å². The van der Waals surface area contributed by atoms with Crippen molar-refractivity contribution in [1.82, 2.24) is 9.97 Å². The van der Waals surface area contributed by atoms with Crippen LogP contribution in [0.15, 0.2) is 134 Å². The summed E-state index contributed by atoms with van der Waals surface area (Å²) in [6.45, 7) is 18.1. The number of hydrogen-bond acceptors (Lipinski definition) is 2. The van der Waals surface area contributed by atoms with Crippen molar-refractivity contribution in [3.8, 4) is 44.8 Å². The van der Waals surface area contributed by atoms with Crippen molar-refractivity contribution in [2.24, 2.45) is 0 Å². The molecule has 1 aliphatic carbocycles. The van der Waals surface area contributed by atoms with Crippen molar-refractivity contribution in [2.45, 2.75) is 71.6 Å². The summed E-state index contributed by atoms with van der Waals surface area (Å²) in [5.41, 5.74) is 14.6. The van der Waals surface area contributed by atoms with Gasteiger partial charge in [-0.25, -0.2) is 0 Å². The van der Waals surface area contributed by atoms with Crippen molar-refractivity contribution >= 4 is 10.8 Å². The van der Waals surface area contributed by atoms with Gasteiger partial charge < -0.3 is 9.97 Å². The molecular weight excluding hydrogens is 809 g/mol. The van der Waals surface area contributed by atoms with Crippen LogP contribution in [0.2, 0.25) is 0 Å². The zero-order chi connectivity index (χ0) is 36.0. The summed E-state index contributed by atoms with van der Waals surface area (Å²) in [5.74, 6) is 0. The Morgan fingerprint density at radius 3 is 1.87 bits per heavy atom. The molecule has 0 aliphatic heterocycles. The maximum absolute atomic E-state index is 4.86. The first-order valence-corrected chi connectivity index (χ1v) is 17.9. The van der Waals surface area contributed by atoms with Gasteiger partial charge >= 0.3 is 0 Å². The number of fused-ring (bicyclic) bond motifs is 4. The standard InChI is InChI=1S/C28H26N.C21H20N.Ir/c1-27(2,3)21-12-8-11-20(15-21)26-25-22(13-14-29-26)23-16-18-9-6-7-10-19(18)17-24(23)28(25,4)5;1-21(2,3)19-12-13-22-20(15-19)18-11-7-10-17(14-18)16-8-5-4-6-9-16;/h6-10,12-17H,1-5H3;4-10,12-15H,1-3H3;/q2*-1;. The van der Waals surface area contributed by atoms with Gasteiger partial charge in [0.2, 0.25) is 0 Å². The molecular formula is C49H46IrN2-2. The Labute approximate surface area is 323 Å². The Bertz CT molecular complexity index is 2360. The molecule has 2 nitrogen and oxygen atoms in total. The summed E-state index contributed by atoms with van der Waals surface area (Å²) in [5, 5.41) is 2.58. The number of rotatable bonds is 3. The van der Waals surface area contributed by atoms with E-state index in [4.69, 9.17) is 4.98 Å². The third-order valence-electron chi connectivity index (χ3n) is 10.2. The smallest absolute Gasteiger partial charge is 0.0167 e. The quantitative estimate of drug-likeness (QED) is 0.166. The summed E-state index contributed by atoms with van der Waals surface area (Å²) in [4.78, 5) is 9.39. The third kappa shape index (κ3) is 7.31. The number of hydrogen-bond donors (Lipinski definition) is 0. The average molecular weight is 855 g/mol. The fourth-order valence-electron chi connectivity index (χ4n) is 7.18. The molecule has 7 aromatic rings. The van der Waals surface area contributed by atoms with Crippen LogP contribution in [0, 0.1) is 12.1 Å². The van der Waals surface area contributed by atoms with E-state index in [-0.39, 0.29) is 36.4 Å². The Morgan fingerprint density at radius 1 is 0.538 bits per heavy atom. The molecule has 0 amide bonds. The van der Waals surface area contributed by atoms with Crippen LogP contribution in [0.3, 0.4) is 0 Å². The van der Waals surface area contributed by atoms with Gasteiger partial charge in [0.05, 0.1) is 0 Å². The van der Waals surface area contributed by atoms with Gasteiger partial charge in [-0.2, -0.15) is 0 Å². The minimum absolute atomic E-state index is 0. The molecule has 0 spiro atoms. The minimum Gasteiger partial charge on any atom is -0.305 e. The van der Waals surface area contributed by atoms with Gasteiger partial charge in [-0.3, -0.25) is 0 Å². The SMILES string of the molecule is CC(C)(C)c1cc[c-]c(-c2nccc3c2C(C)(C)c2cc4ccccc4cc2-3)c1.CC(C)(C)c1ccnc(-c2[c-]ccc(-c3ccccc3)c2)c1.[Ir]. The molecule has 0 N–H and O–H groups in total. The largest absolute Gasteiger partial charge is 0.305 e. The Kier molecular flexibility index (Phi) is 10.3. The maximum atomic E-state index is 4.86. The molecule has 0 fully saturated rings. The molecule has 0 unspecified atom stereocenters. The summed E-state index contributed by atoms with van der Waals surface area (Å²) in [7, 11) is 0. The second-order valence-corrected chi connectivity index (χ2v) is 16.2. The van der Waals surface area contributed by atoms with Crippen LogP contribution in [0.5, 0.6) is 0 Å². The van der Waals surface area contributed by atoms with E-state index in [1.54, 1.807) is 0 Å². The average Bonchev–Trinajstić information content (AvgIpc) is 3.36. The van der Waals surface area contributed by atoms with Gasteiger partial charge in [0.15, 0.2) is 0 Å². The van der Waals surface area contributed by atoms with Crippen molar-refractivity contribution in [3.05, 3.63) is 168 Å². The molecule has 8 rings (SSSR count). The van der Waals surface area contributed by atoms with Gasteiger partial charge in [0.1, 0.15) is 0 Å². The molecule has 3 heteroatoms. The van der Waals surface area contributed by atoms with Gasteiger partial charge in [0, 0.05) is 37.9 Å². The van der Waals surface area contributed by atoms with Crippen LogP contribution < -0.4 is 0 Å². The summed E-state index contributed by atoms with van der Waals surface area (Å²) >= 11 is 0. The Balaban J connectivity index is 0.000000182. The molecule has 263 valence electrons. The predicted molar refractivity (Wildman–Crippen MR) is 215 cm³/mol. The number of aromatic nitrogens is 2. The van der Waals surface area contributed by atoms with Gasteiger partial charge in [-0.05, 0) is 90.6 Å². The molecule has 5 aromatic carbocycles. The minimum atomic E-state index is -0.107. The molecule has 0 saturated heterocycles. The third-order valence-corrected chi connectivity index (χ3v) is 10.2. The van der Waals surface area contributed by atoms with Crippen molar-refractivity contribution in [1.29, 1.82) is 0 Å². The van der Waals surface area contributed by atoms with Crippen LogP contribution in [0.4, 0.5) is 0 Å². The van der Waals surface area contributed by atoms with E-state index >= 15 is 0 Å². The van der Waals surface area contributed by atoms with Gasteiger partial charge in [-0.1, -0.05) is 116 Å². The number of benzene rings is 5. The van der Waals surface area contributed by atoms with Crippen molar-refractivity contribution in [2.75, 3.05) is 0 Å².